The largest absolute Gasteiger partial charge is 1.00 e. The van der Waals surface area contributed by atoms with Crippen molar-refractivity contribution in [3.05, 3.63) is 65.2 Å². The van der Waals surface area contributed by atoms with Crippen LogP contribution in [0.2, 0.25) is 0 Å². The van der Waals surface area contributed by atoms with Crippen LogP contribution in [0.15, 0.2) is 74.1 Å². The zero-order chi connectivity index (χ0) is 30.8. The number of aromatic nitrogens is 1. The molecule has 1 unspecified atom stereocenters. The molecule has 0 fully saturated rings. The van der Waals surface area contributed by atoms with E-state index < -0.39 is 42.9 Å². The second-order valence-corrected chi connectivity index (χ2v) is 12.7. The van der Waals surface area contributed by atoms with Crippen LogP contribution in [0.4, 0.5) is 11.4 Å². The number of ketones is 1. The van der Waals surface area contributed by atoms with Crippen molar-refractivity contribution in [3.63, 3.8) is 0 Å². The van der Waals surface area contributed by atoms with Gasteiger partial charge in [0.15, 0.2) is 5.78 Å². The third kappa shape index (κ3) is 7.83. The van der Waals surface area contributed by atoms with Gasteiger partial charge in [-0.05, 0) is 68.3 Å². The van der Waals surface area contributed by atoms with Crippen LogP contribution in [0, 0.1) is 13.8 Å². The first-order valence-corrected chi connectivity index (χ1v) is 15.7. The van der Waals surface area contributed by atoms with Crippen LogP contribution in [0.5, 0.6) is 11.5 Å². The fraction of sp³-hybridized carbons (Fsp3) is 0.192. The fourth-order valence-electron chi connectivity index (χ4n) is 3.91. The number of rotatable bonds is 10. The zero-order valence-electron chi connectivity index (χ0n) is 24.6. The summed E-state index contributed by atoms with van der Waals surface area (Å²) >= 11 is 1.19. The molecule has 222 valence electrons. The van der Waals surface area contributed by atoms with Crippen LogP contribution in [0.25, 0.3) is 10.2 Å². The van der Waals surface area contributed by atoms with Crippen molar-refractivity contribution in [3.8, 4) is 11.5 Å². The summed E-state index contributed by atoms with van der Waals surface area (Å²) in [6.07, 6.45) is 0. The molecular formula is C26H25N4NaO9S3. The van der Waals surface area contributed by atoms with E-state index in [-0.39, 0.29) is 64.3 Å². The summed E-state index contributed by atoms with van der Waals surface area (Å²) in [6, 6.07) is 9.58. The number of carbonyl (C=O) groups excluding carboxylic acids is 2. The third-order valence-corrected chi connectivity index (χ3v) is 9.32. The van der Waals surface area contributed by atoms with Gasteiger partial charge in [-0.2, -0.15) is 27.1 Å². The number of hydrogen-bond donors (Lipinski definition) is 2. The monoisotopic (exact) mass is 656 g/mol. The van der Waals surface area contributed by atoms with E-state index in [2.05, 4.69) is 20.5 Å². The Labute approximate surface area is 275 Å². The van der Waals surface area contributed by atoms with Crippen LogP contribution >= 0.6 is 11.3 Å². The second-order valence-electron chi connectivity index (χ2n) is 8.95. The van der Waals surface area contributed by atoms with Gasteiger partial charge in [-0.15, -0.1) is 11.3 Å². The minimum absolute atomic E-state index is 0. The SMILES string of the molecule is COc1cc(S(=O)(=O)O)c(C)cc1NC(=O)C(N=Nc1ccc(OS(=O)(=O)c2c(C)ccc3ncsc23)cc1)C(C)=O.[H-].[Na+]. The number of nitrogens with zero attached hydrogens (tertiary/aromatic N) is 3. The van der Waals surface area contributed by atoms with Crippen LogP contribution in [0.3, 0.4) is 0 Å². The number of fused-ring (bicyclic) bond motifs is 1. The predicted octanol–water partition coefficient (Wildman–Crippen LogP) is 1.73. The van der Waals surface area contributed by atoms with Crippen molar-refractivity contribution in [1.82, 2.24) is 4.98 Å². The maximum Gasteiger partial charge on any atom is 1.00 e. The quantitative estimate of drug-likeness (QED) is 0.0836. The molecule has 0 saturated carbocycles. The summed E-state index contributed by atoms with van der Waals surface area (Å²) in [5, 5.41) is 10.2. The number of thiazole rings is 1. The Hall–Kier alpha value is -3.25. The molecule has 0 aliphatic heterocycles. The van der Waals surface area contributed by atoms with E-state index in [4.69, 9.17) is 8.92 Å². The summed E-state index contributed by atoms with van der Waals surface area (Å²) in [7, 11) is -7.50. The Kier molecular flexibility index (Phi) is 10.8. The van der Waals surface area contributed by atoms with E-state index in [1.54, 1.807) is 24.6 Å². The van der Waals surface area contributed by atoms with Gasteiger partial charge in [0.05, 0.1) is 34.2 Å². The van der Waals surface area contributed by atoms with Crippen molar-refractivity contribution in [2.75, 3.05) is 12.4 Å². The Morgan fingerprint density at radius 1 is 1.05 bits per heavy atom. The molecule has 13 nitrogen and oxygen atoms in total. The molecule has 0 spiro atoms. The molecule has 1 amide bonds. The van der Waals surface area contributed by atoms with Crippen molar-refractivity contribution < 1.29 is 70.9 Å². The maximum atomic E-state index is 13.1. The number of nitrogens with one attached hydrogen (secondary N) is 1. The molecule has 4 rings (SSSR count). The molecule has 17 heteroatoms. The first kappa shape index (κ1) is 34.2. The van der Waals surface area contributed by atoms with Gasteiger partial charge in [0.2, 0.25) is 6.04 Å². The van der Waals surface area contributed by atoms with Gasteiger partial charge in [0.1, 0.15) is 21.3 Å². The number of benzene rings is 3. The molecular weight excluding hydrogens is 631 g/mol. The maximum absolute atomic E-state index is 13.1. The number of aryl methyl sites for hydroxylation is 2. The number of azo groups is 1. The van der Waals surface area contributed by atoms with Gasteiger partial charge in [-0.3, -0.25) is 14.1 Å². The molecule has 2 N–H and O–H groups in total. The van der Waals surface area contributed by atoms with Crippen LogP contribution < -0.4 is 43.8 Å². The molecule has 0 radical (unpaired) electrons. The number of Topliss-reactive ketones (excluding diaryl/α,β-unsaturated/α-hetero) is 1. The fourth-order valence-corrected chi connectivity index (χ4v) is 7.10. The molecule has 3 aromatic carbocycles. The molecule has 0 bridgehead atoms. The summed E-state index contributed by atoms with van der Waals surface area (Å²) in [6.45, 7) is 4.20. The van der Waals surface area contributed by atoms with Gasteiger partial charge < -0.3 is 15.7 Å². The predicted molar refractivity (Wildman–Crippen MR) is 155 cm³/mol. The van der Waals surface area contributed by atoms with E-state index in [1.165, 1.54) is 55.7 Å². The van der Waals surface area contributed by atoms with Crippen molar-refractivity contribution >= 4 is 64.9 Å². The molecule has 1 aromatic heterocycles. The van der Waals surface area contributed by atoms with E-state index in [9.17, 15) is 31.0 Å². The molecule has 43 heavy (non-hydrogen) atoms. The number of carbonyl (C=O) groups is 2. The molecule has 0 aliphatic carbocycles. The average molecular weight is 657 g/mol. The average Bonchev–Trinajstić information content (AvgIpc) is 3.37. The Bertz CT molecular complexity index is 1950. The van der Waals surface area contributed by atoms with E-state index in [1.807, 2.05) is 0 Å². The van der Waals surface area contributed by atoms with Crippen molar-refractivity contribution in [1.29, 1.82) is 0 Å². The van der Waals surface area contributed by atoms with E-state index in [0.29, 0.717) is 15.8 Å². The molecule has 1 heterocycles. The van der Waals surface area contributed by atoms with Crippen LogP contribution in [-0.2, 0) is 29.8 Å². The summed E-state index contributed by atoms with van der Waals surface area (Å²) in [5.74, 6) is -1.58. The van der Waals surface area contributed by atoms with Gasteiger partial charge in [0.25, 0.3) is 16.0 Å². The number of amides is 1. The van der Waals surface area contributed by atoms with E-state index in [0.717, 1.165) is 13.0 Å². The Morgan fingerprint density at radius 2 is 1.72 bits per heavy atom. The zero-order valence-corrected chi connectivity index (χ0v) is 28.0. The summed E-state index contributed by atoms with van der Waals surface area (Å²) in [5.41, 5.74) is 2.96. The summed E-state index contributed by atoms with van der Waals surface area (Å²) in [4.78, 5) is 28.9. The third-order valence-electron chi connectivity index (χ3n) is 5.90. The number of hydrogen-bond acceptors (Lipinski definition) is 12. The standard InChI is InChI=1S/C26H24N4O9S3.Na.H/c1-14-5-10-19-24(40-13-27-19)25(14)42(36,37)39-18-8-6-17(7-9-18)29-30-23(16(3)31)26(32)28-20-11-15(2)22(41(33,34)35)12-21(20)38-4;;/h5-13,23H,1-4H3,(H,28,32)(H,33,34,35);;/q;+1;-1. The van der Waals surface area contributed by atoms with Crippen LogP contribution in [-0.4, -0.2) is 51.2 Å². The Balaban J connectivity index is 0.00000337. The van der Waals surface area contributed by atoms with Gasteiger partial charge in [-0.1, -0.05) is 6.07 Å². The molecule has 0 aliphatic rings. The topological polar surface area (TPSA) is 191 Å². The van der Waals surface area contributed by atoms with Gasteiger partial charge >= 0.3 is 39.7 Å². The molecule has 1 atom stereocenters. The minimum atomic E-state index is -4.54. The number of methoxy groups -OCH3 is 1. The first-order chi connectivity index (χ1) is 19.7. The van der Waals surface area contributed by atoms with Gasteiger partial charge in [-0.25, -0.2) is 4.98 Å². The smallest absolute Gasteiger partial charge is 1.00 e. The summed E-state index contributed by atoms with van der Waals surface area (Å²) < 4.78 is 69.6. The van der Waals surface area contributed by atoms with Gasteiger partial charge in [0, 0.05) is 6.07 Å². The number of anilines is 1. The van der Waals surface area contributed by atoms with E-state index >= 15 is 0 Å². The van der Waals surface area contributed by atoms with Crippen molar-refractivity contribution in [2.24, 2.45) is 10.2 Å². The second kappa shape index (κ2) is 13.6. The minimum Gasteiger partial charge on any atom is -1.00 e. The number of ether oxygens (including phenoxy) is 1. The van der Waals surface area contributed by atoms with Crippen molar-refractivity contribution in [2.45, 2.75) is 36.6 Å². The molecule has 0 saturated heterocycles. The Morgan fingerprint density at radius 3 is 2.33 bits per heavy atom. The van der Waals surface area contributed by atoms with Crippen LogP contribution in [0.1, 0.15) is 19.5 Å². The first-order valence-electron chi connectivity index (χ1n) is 12.0. The molecule has 4 aromatic rings. The normalized spacial score (nSPS) is 12.5.